The van der Waals surface area contributed by atoms with Crippen LogP contribution in [0.15, 0.2) is 0 Å². The highest BCUT2D eigenvalue weighted by atomic mass is 16.3. The van der Waals surface area contributed by atoms with Crippen molar-refractivity contribution in [2.24, 2.45) is 11.1 Å². The van der Waals surface area contributed by atoms with E-state index in [2.05, 4.69) is 10.2 Å². The monoisotopic (exact) mass is 213 g/mol. The topological polar surface area (TPSA) is 78.6 Å². The first-order chi connectivity index (χ1) is 7.03. The summed E-state index contributed by atoms with van der Waals surface area (Å²) in [6.07, 6.45) is 0.478. The summed E-state index contributed by atoms with van der Waals surface area (Å²) in [5, 5.41) is 12.9. The Morgan fingerprint density at radius 2 is 2.33 bits per heavy atom. The number of nitrogens with zero attached hydrogens (tertiary/aromatic N) is 1. The van der Waals surface area contributed by atoms with Crippen LogP contribution in [0.1, 0.15) is 13.3 Å². The zero-order valence-corrected chi connectivity index (χ0v) is 9.07. The number of likely N-dealkylation sites (tertiary alicyclic amines) is 1. The van der Waals surface area contributed by atoms with E-state index in [9.17, 15) is 9.90 Å². The molecule has 5 nitrogen and oxygen atoms in total. The molecule has 2 aliphatic rings. The maximum absolute atomic E-state index is 11.3. The molecule has 3 unspecified atom stereocenters. The van der Waals surface area contributed by atoms with Gasteiger partial charge < -0.3 is 16.2 Å². The van der Waals surface area contributed by atoms with E-state index in [-0.39, 0.29) is 18.1 Å². The van der Waals surface area contributed by atoms with Gasteiger partial charge in [-0.3, -0.25) is 9.69 Å². The highest BCUT2D eigenvalue weighted by Crippen LogP contribution is 2.31. The lowest BCUT2D eigenvalue weighted by atomic mass is 9.89. The Morgan fingerprint density at radius 3 is 2.80 bits per heavy atom. The van der Waals surface area contributed by atoms with Gasteiger partial charge in [-0.1, -0.05) is 0 Å². The summed E-state index contributed by atoms with van der Waals surface area (Å²) in [5.41, 5.74) is 4.97. The molecule has 2 fully saturated rings. The quantitative estimate of drug-likeness (QED) is 0.522. The molecule has 2 saturated heterocycles. The van der Waals surface area contributed by atoms with Crippen LogP contribution in [-0.4, -0.2) is 54.2 Å². The molecular weight excluding hydrogens is 194 g/mol. The molecule has 0 radical (unpaired) electrons. The van der Waals surface area contributed by atoms with Gasteiger partial charge in [0.05, 0.1) is 11.5 Å². The molecule has 2 aliphatic heterocycles. The van der Waals surface area contributed by atoms with Crippen LogP contribution in [0.3, 0.4) is 0 Å². The van der Waals surface area contributed by atoms with Crippen LogP contribution in [0.5, 0.6) is 0 Å². The van der Waals surface area contributed by atoms with Gasteiger partial charge in [0, 0.05) is 25.7 Å². The molecule has 0 bridgehead atoms. The second-order valence-electron chi connectivity index (χ2n) is 4.94. The maximum atomic E-state index is 11.3. The van der Waals surface area contributed by atoms with E-state index >= 15 is 0 Å². The van der Waals surface area contributed by atoms with Crippen molar-refractivity contribution >= 4 is 5.91 Å². The third-order valence-corrected chi connectivity index (χ3v) is 3.72. The van der Waals surface area contributed by atoms with Crippen LogP contribution < -0.4 is 11.1 Å². The van der Waals surface area contributed by atoms with Crippen LogP contribution in [0, 0.1) is 5.41 Å². The predicted octanol–water partition coefficient (Wildman–Crippen LogP) is -1.48. The highest BCUT2D eigenvalue weighted by molar-refractivity contribution is 5.81. The van der Waals surface area contributed by atoms with E-state index in [4.69, 9.17) is 5.73 Å². The first-order valence-electron chi connectivity index (χ1n) is 5.46. The predicted molar refractivity (Wildman–Crippen MR) is 56.2 cm³/mol. The van der Waals surface area contributed by atoms with Crippen molar-refractivity contribution in [3.63, 3.8) is 0 Å². The molecule has 15 heavy (non-hydrogen) atoms. The average molecular weight is 213 g/mol. The number of rotatable bonds is 2. The molecule has 1 amide bonds. The first kappa shape index (κ1) is 10.9. The number of aliphatic hydroxyl groups excluding tert-OH is 1. The minimum atomic E-state index is -0.414. The van der Waals surface area contributed by atoms with Crippen LogP contribution in [-0.2, 0) is 4.79 Å². The van der Waals surface area contributed by atoms with E-state index in [0.29, 0.717) is 13.1 Å². The zero-order chi connectivity index (χ0) is 11.1. The van der Waals surface area contributed by atoms with Crippen molar-refractivity contribution in [3.8, 4) is 0 Å². The summed E-state index contributed by atoms with van der Waals surface area (Å²) >= 11 is 0. The largest absolute Gasteiger partial charge is 0.390 e. The van der Waals surface area contributed by atoms with Gasteiger partial charge in [-0.05, 0) is 19.9 Å². The van der Waals surface area contributed by atoms with Gasteiger partial charge in [0.1, 0.15) is 0 Å². The molecule has 2 heterocycles. The summed E-state index contributed by atoms with van der Waals surface area (Å²) in [6.45, 7) is 4.88. The van der Waals surface area contributed by atoms with Gasteiger partial charge in [-0.2, -0.15) is 0 Å². The van der Waals surface area contributed by atoms with Crippen molar-refractivity contribution in [1.82, 2.24) is 10.2 Å². The SMILES string of the molecule is CC1(C(N)=O)CCN(C2CNCC2O)C1. The van der Waals surface area contributed by atoms with Crippen molar-refractivity contribution in [1.29, 1.82) is 0 Å². The molecule has 4 N–H and O–H groups in total. The number of primary amides is 1. The molecule has 86 valence electrons. The summed E-state index contributed by atoms with van der Waals surface area (Å²) in [4.78, 5) is 13.5. The number of carbonyl (C=O) groups excluding carboxylic acids is 1. The van der Waals surface area contributed by atoms with E-state index < -0.39 is 5.41 Å². The summed E-state index contributed by atoms with van der Waals surface area (Å²) in [5.74, 6) is -0.231. The number of nitrogens with two attached hydrogens (primary N) is 1. The summed E-state index contributed by atoms with van der Waals surface area (Å²) in [6, 6.07) is 0.145. The van der Waals surface area contributed by atoms with E-state index in [0.717, 1.165) is 19.5 Å². The molecule has 5 heteroatoms. The van der Waals surface area contributed by atoms with Crippen LogP contribution in [0.2, 0.25) is 0 Å². The van der Waals surface area contributed by atoms with Gasteiger partial charge in [0.2, 0.25) is 5.91 Å². The molecule has 3 atom stereocenters. The van der Waals surface area contributed by atoms with E-state index in [1.54, 1.807) is 0 Å². The average Bonchev–Trinajstić information content (AvgIpc) is 2.73. The molecular formula is C10H19N3O2. The van der Waals surface area contributed by atoms with Crippen LogP contribution >= 0.6 is 0 Å². The number of carbonyl (C=O) groups is 1. The Balaban J connectivity index is 2.00. The van der Waals surface area contributed by atoms with Gasteiger partial charge in [0.15, 0.2) is 0 Å². The Labute approximate surface area is 89.6 Å². The third kappa shape index (κ3) is 1.87. The van der Waals surface area contributed by atoms with Crippen molar-refractivity contribution in [2.45, 2.75) is 25.5 Å². The summed E-state index contributed by atoms with van der Waals surface area (Å²) in [7, 11) is 0. The Morgan fingerprint density at radius 1 is 1.60 bits per heavy atom. The fraction of sp³-hybridized carbons (Fsp3) is 0.900. The molecule has 0 aromatic heterocycles. The lowest BCUT2D eigenvalue weighted by molar-refractivity contribution is -0.126. The van der Waals surface area contributed by atoms with Gasteiger partial charge in [-0.25, -0.2) is 0 Å². The van der Waals surface area contributed by atoms with Crippen LogP contribution in [0.4, 0.5) is 0 Å². The number of nitrogens with one attached hydrogen (secondary N) is 1. The zero-order valence-electron chi connectivity index (χ0n) is 9.07. The molecule has 0 saturated carbocycles. The number of amides is 1. The number of β-amino-alcohol motifs (C(OH)–C–C–N with tert-alkyl or cyclic N) is 1. The second kappa shape index (κ2) is 3.73. The minimum Gasteiger partial charge on any atom is -0.390 e. The molecule has 0 spiro atoms. The fourth-order valence-electron chi connectivity index (χ4n) is 2.50. The number of hydrogen-bond acceptors (Lipinski definition) is 4. The lowest BCUT2D eigenvalue weighted by Crippen LogP contribution is -2.44. The Kier molecular flexibility index (Phi) is 2.70. The summed E-state index contributed by atoms with van der Waals surface area (Å²) < 4.78 is 0. The smallest absolute Gasteiger partial charge is 0.224 e. The normalized spacial score (nSPS) is 42.3. The lowest BCUT2D eigenvalue weighted by Gasteiger charge is -2.27. The fourth-order valence-corrected chi connectivity index (χ4v) is 2.50. The highest BCUT2D eigenvalue weighted by Gasteiger charge is 2.43. The first-order valence-corrected chi connectivity index (χ1v) is 5.46. The van der Waals surface area contributed by atoms with Crippen molar-refractivity contribution < 1.29 is 9.90 Å². The molecule has 2 rings (SSSR count). The molecule has 0 aromatic rings. The third-order valence-electron chi connectivity index (χ3n) is 3.72. The van der Waals surface area contributed by atoms with Crippen molar-refractivity contribution in [2.75, 3.05) is 26.2 Å². The van der Waals surface area contributed by atoms with Gasteiger partial charge in [-0.15, -0.1) is 0 Å². The minimum absolute atomic E-state index is 0.145. The second-order valence-corrected chi connectivity index (χ2v) is 4.94. The van der Waals surface area contributed by atoms with E-state index in [1.807, 2.05) is 6.92 Å². The van der Waals surface area contributed by atoms with Crippen molar-refractivity contribution in [3.05, 3.63) is 0 Å². The standard InChI is InChI=1S/C10H19N3O2/c1-10(9(11)15)2-3-13(6-10)7-4-12-5-8(7)14/h7-8,12,14H,2-6H2,1H3,(H2,11,15). The van der Waals surface area contributed by atoms with Gasteiger partial charge >= 0.3 is 0 Å². The van der Waals surface area contributed by atoms with Crippen LogP contribution in [0.25, 0.3) is 0 Å². The Bertz CT molecular complexity index is 271. The number of aliphatic hydroxyl groups is 1. The van der Waals surface area contributed by atoms with Gasteiger partial charge in [0.25, 0.3) is 0 Å². The maximum Gasteiger partial charge on any atom is 0.224 e. The molecule has 0 aromatic carbocycles. The van der Waals surface area contributed by atoms with E-state index in [1.165, 1.54) is 0 Å². The molecule has 0 aliphatic carbocycles. The Hall–Kier alpha value is -0.650. The number of hydrogen-bond donors (Lipinski definition) is 3.